The molecule has 0 spiro atoms. The Kier molecular flexibility index (Phi) is 23.0. The van der Waals surface area contributed by atoms with Crippen molar-refractivity contribution >= 4 is 37.8 Å². The summed E-state index contributed by atoms with van der Waals surface area (Å²) in [6.07, 6.45) is 13.1. The van der Waals surface area contributed by atoms with E-state index in [0.717, 1.165) is 155 Å². The van der Waals surface area contributed by atoms with E-state index in [2.05, 4.69) is 124 Å². The van der Waals surface area contributed by atoms with E-state index in [1.165, 1.54) is 84.8 Å². The second-order valence-electron chi connectivity index (χ2n) is 23.6. The molecule has 2 amide bonds. The maximum Gasteiger partial charge on any atom is 1.00 e. The van der Waals surface area contributed by atoms with Crippen LogP contribution in [0.5, 0.6) is 0 Å². The predicted molar refractivity (Wildman–Crippen MR) is 325 cm³/mol. The van der Waals surface area contributed by atoms with E-state index >= 15 is 0 Å². The summed E-state index contributed by atoms with van der Waals surface area (Å²) in [5.74, 6) is 2.35. The van der Waals surface area contributed by atoms with E-state index in [-0.39, 0.29) is 41.4 Å². The third kappa shape index (κ3) is 16.4. The molecule has 4 aliphatic heterocycles. The number of hydrogen-bond acceptors (Lipinski definition) is 14. The molecule has 2 aromatic heterocycles. The number of carbonyl (C=O) groups excluding carboxylic acids is 5. The molecule has 0 bridgehead atoms. The summed E-state index contributed by atoms with van der Waals surface area (Å²) < 4.78 is 3.61. The second kappa shape index (κ2) is 30.5. The molecule has 2 saturated carbocycles. The smallest absolute Gasteiger partial charge is 0.793 e. The third-order valence-corrected chi connectivity index (χ3v) is 17.6. The minimum atomic E-state index is -0.639. The number of piperidine rings is 2. The molecule has 0 unspecified atom stereocenters. The summed E-state index contributed by atoms with van der Waals surface area (Å²) in [6, 6.07) is 29.0. The Hall–Kier alpha value is -7.39. The normalized spacial score (nSPS) is 16.7. The van der Waals surface area contributed by atoms with Gasteiger partial charge in [0.1, 0.15) is 11.6 Å². The molecule has 12 rings (SSSR count). The topological polar surface area (TPSA) is 240 Å². The molecule has 3 N–H and O–H groups in total. The predicted octanol–water partition coefficient (Wildman–Crippen LogP) is 7.39. The van der Waals surface area contributed by atoms with Crippen LogP contribution in [-0.2, 0) is 54.7 Å². The van der Waals surface area contributed by atoms with E-state index < -0.39 is 17.9 Å². The van der Waals surface area contributed by atoms with Gasteiger partial charge in [0.25, 0.3) is 11.8 Å². The van der Waals surface area contributed by atoms with E-state index in [9.17, 15) is 24.0 Å². The first-order chi connectivity index (χ1) is 41.5. The molecule has 87 heavy (non-hydrogen) atoms. The Labute approximate surface area is 533 Å². The van der Waals surface area contributed by atoms with E-state index in [1.807, 2.05) is 34.1 Å². The largest absolute Gasteiger partial charge is 1.00 e. The minimum Gasteiger partial charge on any atom is -0.793 e. The fourth-order valence-corrected chi connectivity index (χ4v) is 12.3. The number of aromatic amines is 2. The van der Waals surface area contributed by atoms with Crippen molar-refractivity contribution in [2.24, 2.45) is 0 Å². The molecule has 4 fully saturated rings. The van der Waals surface area contributed by atoms with Gasteiger partial charge in [0, 0.05) is 108 Å². The van der Waals surface area contributed by atoms with Crippen LogP contribution in [0.25, 0.3) is 22.8 Å². The van der Waals surface area contributed by atoms with Crippen LogP contribution in [0.1, 0.15) is 197 Å². The number of fused-ring (bicyclic) bond motifs is 2. The van der Waals surface area contributed by atoms with Crippen LogP contribution in [0.4, 0.5) is 0 Å². The number of nitriles is 2. The van der Waals surface area contributed by atoms with Crippen molar-refractivity contribution in [2.75, 3.05) is 46.3 Å². The molecule has 6 aliphatic rings. The molecule has 3 radical (unpaired) electrons. The Morgan fingerprint density at radius 2 is 0.989 bits per heavy atom. The summed E-state index contributed by atoms with van der Waals surface area (Å²) in [6.45, 7) is 14.4. The molecular weight excluding hydrogens is 1110 g/mol. The molecule has 6 aromatic rings. The number of likely N-dealkylation sites (N-methyl/N-ethyl adjacent to an activating group) is 1. The second-order valence-corrected chi connectivity index (χ2v) is 23.6. The summed E-state index contributed by atoms with van der Waals surface area (Å²) in [5, 5.41) is 21.6. The minimum absolute atomic E-state index is 0. The van der Waals surface area contributed by atoms with Gasteiger partial charge in [0.15, 0.2) is 0 Å². The molecular formula is C67H77BN10NaO8. The van der Waals surface area contributed by atoms with Gasteiger partial charge in [-0.3, -0.25) is 14.4 Å². The van der Waals surface area contributed by atoms with Crippen LogP contribution in [-0.4, -0.2) is 119 Å². The number of likely N-dealkylation sites (tertiary alicyclic amines) is 2. The van der Waals surface area contributed by atoms with Gasteiger partial charge in [-0.2, -0.15) is 10.5 Å². The number of benzene rings is 4. The van der Waals surface area contributed by atoms with Gasteiger partial charge in [-0.1, -0.05) is 49.2 Å². The molecule has 18 nitrogen and oxygen atoms in total. The molecule has 0 atom stereocenters. The van der Waals surface area contributed by atoms with Crippen molar-refractivity contribution in [3.05, 3.63) is 151 Å². The quantitative estimate of drug-likeness (QED) is 0.0766. The van der Waals surface area contributed by atoms with Gasteiger partial charge < -0.3 is 42.7 Å². The Morgan fingerprint density at radius 1 is 0.575 bits per heavy atom. The zero-order valence-electron chi connectivity index (χ0n) is 51.4. The van der Waals surface area contributed by atoms with E-state index in [1.54, 1.807) is 0 Å². The van der Waals surface area contributed by atoms with Crippen LogP contribution in [0.3, 0.4) is 0 Å². The standard InChI is InChI=1S/C31H35N5O.C30H33N5O.C4H6O4.C2H3BO2.Na/c1-20-16-26(24-4-3-5-24)27(30-33-28-12-13-35(2)19-29(28)34-30)17-25(20)31(37)36-14-10-23(11-15-36)22-8-6-21(18-32)7-9-22;1-19-15-25(23-3-2-4-23)26(29-33-27-9-12-32-18-28(27)34-29)16-24(19)30(36)35-13-10-22(11-14-35)21-7-5-20(17-31)6-8-21;1-3(5)7-8-4(2)6;1-2(4)5-3;/h6-9,16-17,23-24H,3-5,10-15,19H2,1-2H3,(H,33,34);5-8,15-16,22-23,32H,2-4,9-14,18H2,1H3,(H,33,34);1-2H3;1H3;/q;;;-1;+1. The van der Waals surface area contributed by atoms with Crippen molar-refractivity contribution in [1.29, 1.82) is 10.5 Å². The molecule has 20 heteroatoms. The van der Waals surface area contributed by atoms with Gasteiger partial charge >= 0.3 is 41.5 Å². The number of H-pyrrole nitrogens is 2. The van der Waals surface area contributed by atoms with Gasteiger partial charge in [0.2, 0.25) is 5.97 Å². The van der Waals surface area contributed by atoms with Crippen LogP contribution in [0.15, 0.2) is 72.8 Å². The fourth-order valence-electron chi connectivity index (χ4n) is 12.3. The summed E-state index contributed by atoms with van der Waals surface area (Å²) >= 11 is 0. The first-order valence-electron chi connectivity index (χ1n) is 30.2. The first-order valence-corrected chi connectivity index (χ1v) is 30.2. The average Bonchev–Trinajstić information content (AvgIpc) is 1.99. The van der Waals surface area contributed by atoms with Crippen molar-refractivity contribution in [3.8, 4) is 34.9 Å². The van der Waals surface area contributed by atoms with Crippen molar-refractivity contribution in [1.82, 2.24) is 40.0 Å². The van der Waals surface area contributed by atoms with Gasteiger partial charge in [0.05, 0.1) is 46.0 Å². The summed E-state index contributed by atoms with van der Waals surface area (Å²) in [7, 11) is 6.47. The van der Waals surface area contributed by atoms with Gasteiger partial charge in [-0.15, -0.1) is 0 Å². The van der Waals surface area contributed by atoms with Crippen LogP contribution < -0.4 is 34.9 Å². The first kappa shape index (κ1) is 65.6. The maximum absolute atomic E-state index is 13.8. The zero-order valence-corrected chi connectivity index (χ0v) is 53.4. The molecule has 447 valence electrons. The number of rotatable bonds is 8. The Bertz CT molecular complexity index is 3470. The average molecular weight is 1180 g/mol. The number of nitrogens with one attached hydrogen (secondary N) is 3. The number of aromatic nitrogens is 4. The van der Waals surface area contributed by atoms with Crippen LogP contribution in [0, 0.1) is 36.5 Å². The summed E-state index contributed by atoms with van der Waals surface area (Å²) in [4.78, 5) is 87.9. The van der Waals surface area contributed by atoms with Crippen molar-refractivity contribution in [2.45, 2.75) is 148 Å². The van der Waals surface area contributed by atoms with Crippen molar-refractivity contribution < 1.29 is 68.0 Å². The number of amides is 2. The third-order valence-electron chi connectivity index (χ3n) is 17.6. The van der Waals surface area contributed by atoms with E-state index in [4.69, 9.17) is 20.5 Å². The zero-order chi connectivity index (χ0) is 61.0. The maximum atomic E-state index is 13.8. The monoisotopic (exact) mass is 1180 g/mol. The van der Waals surface area contributed by atoms with Gasteiger partial charge in [-0.25, -0.2) is 29.3 Å². The molecule has 2 saturated heterocycles. The SMILES string of the molecule is CC(=O)OOC(C)=O.Cc1cc(C2CCC2)c(-c2nc3c([nH]2)CN(C)CC3)cc1C(=O)N1CCC(c2ccc(C#N)cc2)CC1.Cc1cc(C2CCC2)c(-c2nc3c([nH]2)CNCC3)cc1C(=O)N1CCC(c2ccc(C#N)cc2)CC1.[B-]OC(C)=O.[Na+]. The van der Waals surface area contributed by atoms with Crippen molar-refractivity contribution in [3.63, 3.8) is 0 Å². The number of hydrogen-bond donors (Lipinski definition) is 3. The summed E-state index contributed by atoms with van der Waals surface area (Å²) in [5.41, 5.74) is 17.3. The molecule has 6 heterocycles. The molecule has 2 aliphatic carbocycles. The van der Waals surface area contributed by atoms with E-state index in [0.29, 0.717) is 34.8 Å². The fraction of sp³-hybridized carbons (Fsp3) is 0.448. The number of carbonyl (C=O) groups is 5. The number of aryl methyl sites for hydroxylation is 2. The van der Waals surface area contributed by atoms with Gasteiger partial charge in [-0.05, 0) is 166 Å². The number of nitrogens with zero attached hydrogens (tertiary/aromatic N) is 7. The molecule has 4 aromatic carbocycles. The Balaban J connectivity index is 0.000000186. The van der Waals surface area contributed by atoms with Crippen LogP contribution in [0.2, 0.25) is 0 Å². The number of imidazole rings is 2. The van der Waals surface area contributed by atoms with Crippen LogP contribution >= 0.6 is 0 Å². The Morgan fingerprint density at radius 3 is 1.36 bits per heavy atom.